The van der Waals surface area contributed by atoms with Crippen molar-refractivity contribution in [3.05, 3.63) is 0 Å². The summed E-state index contributed by atoms with van der Waals surface area (Å²) in [5.74, 6) is 0. The molecule has 0 heterocycles. The first-order valence-corrected chi connectivity index (χ1v) is 6.52. The standard InChI is InChI=1S/C11H26N2.C2H6/c1-6-9-11(7-2,8-3)10-13(5)12-4;1-2/h12H,6-10H2,1-5H3;1-2H3. The highest BCUT2D eigenvalue weighted by Crippen LogP contribution is 2.32. The van der Waals surface area contributed by atoms with Crippen molar-refractivity contribution in [2.45, 2.75) is 60.3 Å². The molecular formula is C13H32N2. The minimum Gasteiger partial charge on any atom is -0.259 e. The molecule has 0 fully saturated rings. The largest absolute Gasteiger partial charge is 0.259 e. The van der Waals surface area contributed by atoms with Gasteiger partial charge in [-0.3, -0.25) is 5.43 Å². The lowest BCUT2D eigenvalue weighted by Gasteiger charge is -2.35. The zero-order valence-corrected chi connectivity index (χ0v) is 12.0. The summed E-state index contributed by atoms with van der Waals surface area (Å²) in [7, 11) is 4.11. The topological polar surface area (TPSA) is 15.3 Å². The second-order valence-corrected chi connectivity index (χ2v) is 4.04. The summed E-state index contributed by atoms with van der Waals surface area (Å²) >= 11 is 0. The highest BCUT2D eigenvalue weighted by atomic mass is 15.5. The predicted molar refractivity (Wildman–Crippen MR) is 71.0 cm³/mol. The Bertz CT molecular complexity index is 120. The van der Waals surface area contributed by atoms with Gasteiger partial charge in [0, 0.05) is 13.6 Å². The molecular weight excluding hydrogens is 184 g/mol. The Balaban J connectivity index is 0. The molecule has 0 amide bonds. The van der Waals surface area contributed by atoms with Gasteiger partial charge in [-0.25, -0.2) is 5.01 Å². The van der Waals surface area contributed by atoms with Crippen molar-refractivity contribution in [1.29, 1.82) is 0 Å². The molecule has 0 bridgehead atoms. The van der Waals surface area contributed by atoms with Gasteiger partial charge in [-0.1, -0.05) is 41.0 Å². The number of hydrogen-bond acceptors (Lipinski definition) is 2. The van der Waals surface area contributed by atoms with Crippen molar-refractivity contribution in [1.82, 2.24) is 10.4 Å². The van der Waals surface area contributed by atoms with Crippen LogP contribution in [0.2, 0.25) is 0 Å². The molecule has 0 radical (unpaired) electrons. The van der Waals surface area contributed by atoms with E-state index in [9.17, 15) is 0 Å². The molecule has 0 rings (SSSR count). The van der Waals surface area contributed by atoms with E-state index in [1.54, 1.807) is 0 Å². The minimum atomic E-state index is 0.520. The van der Waals surface area contributed by atoms with Crippen LogP contribution in [0.15, 0.2) is 0 Å². The number of nitrogens with one attached hydrogen (secondary N) is 1. The van der Waals surface area contributed by atoms with Crippen LogP contribution < -0.4 is 5.43 Å². The zero-order valence-electron chi connectivity index (χ0n) is 12.0. The van der Waals surface area contributed by atoms with Crippen LogP contribution in [0.4, 0.5) is 0 Å². The van der Waals surface area contributed by atoms with Crippen molar-refractivity contribution in [3.8, 4) is 0 Å². The molecule has 0 aromatic rings. The molecule has 0 aliphatic heterocycles. The second-order valence-electron chi connectivity index (χ2n) is 4.04. The first kappa shape index (κ1) is 17.3. The third-order valence-corrected chi connectivity index (χ3v) is 3.23. The van der Waals surface area contributed by atoms with Crippen LogP contribution in [-0.2, 0) is 0 Å². The van der Waals surface area contributed by atoms with Crippen molar-refractivity contribution in [2.75, 3.05) is 20.6 Å². The molecule has 0 aromatic carbocycles. The number of rotatable bonds is 7. The number of hydrogen-bond donors (Lipinski definition) is 1. The lowest BCUT2D eigenvalue weighted by molar-refractivity contribution is 0.117. The second kappa shape index (κ2) is 10.4. The Labute approximate surface area is 97.4 Å². The highest BCUT2D eigenvalue weighted by Gasteiger charge is 2.26. The number of nitrogens with zero attached hydrogens (tertiary/aromatic N) is 1. The summed E-state index contributed by atoms with van der Waals surface area (Å²) < 4.78 is 0. The van der Waals surface area contributed by atoms with Gasteiger partial charge >= 0.3 is 0 Å². The summed E-state index contributed by atoms with van der Waals surface area (Å²) in [6.07, 6.45) is 5.19. The minimum absolute atomic E-state index is 0.520. The summed E-state index contributed by atoms with van der Waals surface area (Å²) in [4.78, 5) is 0. The quantitative estimate of drug-likeness (QED) is 0.653. The van der Waals surface area contributed by atoms with E-state index in [2.05, 4.69) is 38.3 Å². The molecule has 0 unspecified atom stereocenters. The Morgan fingerprint density at radius 1 is 1.07 bits per heavy atom. The van der Waals surface area contributed by atoms with Crippen molar-refractivity contribution >= 4 is 0 Å². The molecule has 0 saturated carbocycles. The van der Waals surface area contributed by atoms with E-state index in [4.69, 9.17) is 0 Å². The fraction of sp³-hybridized carbons (Fsp3) is 1.00. The van der Waals surface area contributed by atoms with Gasteiger partial charge in [-0.15, -0.1) is 0 Å². The van der Waals surface area contributed by atoms with Crippen LogP contribution >= 0.6 is 0 Å². The third-order valence-electron chi connectivity index (χ3n) is 3.23. The number of hydrazine groups is 1. The van der Waals surface area contributed by atoms with Gasteiger partial charge in [0.15, 0.2) is 0 Å². The zero-order chi connectivity index (χ0) is 12.3. The maximum atomic E-state index is 3.18. The molecule has 94 valence electrons. The van der Waals surface area contributed by atoms with Crippen LogP contribution in [0.25, 0.3) is 0 Å². The summed E-state index contributed by atoms with van der Waals surface area (Å²) in [5.41, 5.74) is 3.70. The lowest BCUT2D eigenvalue weighted by atomic mass is 9.78. The van der Waals surface area contributed by atoms with E-state index < -0.39 is 0 Å². The fourth-order valence-electron chi connectivity index (χ4n) is 2.02. The molecule has 2 nitrogen and oxygen atoms in total. The maximum Gasteiger partial charge on any atom is 0.0184 e. The Morgan fingerprint density at radius 3 is 1.80 bits per heavy atom. The first-order chi connectivity index (χ1) is 7.14. The highest BCUT2D eigenvalue weighted by molar-refractivity contribution is 4.78. The third kappa shape index (κ3) is 6.91. The van der Waals surface area contributed by atoms with Gasteiger partial charge in [0.05, 0.1) is 0 Å². The van der Waals surface area contributed by atoms with Crippen molar-refractivity contribution in [3.63, 3.8) is 0 Å². The van der Waals surface area contributed by atoms with Crippen LogP contribution in [0.3, 0.4) is 0 Å². The van der Waals surface area contributed by atoms with E-state index in [0.29, 0.717) is 5.41 Å². The van der Waals surface area contributed by atoms with Gasteiger partial charge < -0.3 is 0 Å². The molecule has 1 N–H and O–H groups in total. The molecule has 0 aliphatic carbocycles. The van der Waals surface area contributed by atoms with E-state index in [1.807, 2.05) is 20.9 Å². The van der Waals surface area contributed by atoms with Crippen molar-refractivity contribution in [2.24, 2.45) is 5.41 Å². The van der Waals surface area contributed by atoms with Gasteiger partial charge in [0.2, 0.25) is 0 Å². The Hall–Kier alpha value is -0.0800. The smallest absolute Gasteiger partial charge is 0.0184 e. The molecule has 0 atom stereocenters. The lowest BCUT2D eigenvalue weighted by Crippen LogP contribution is -2.41. The van der Waals surface area contributed by atoms with Gasteiger partial charge in [-0.05, 0) is 31.7 Å². The molecule has 0 aliphatic rings. The molecule has 15 heavy (non-hydrogen) atoms. The van der Waals surface area contributed by atoms with Crippen LogP contribution in [0.5, 0.6) is 0 Å². The van der Waals surface area contributed by atoms with Gasteiger partial charge in [0.25, 0.3) is 0 Å². The van der Waals surface area contributed by atoms with Crippen LogP contribution in [-0.4, -0.2) is 25.6 Å². The van der Waals surface area contributed by atoms with Crippen LogP contribution in [0, 0.1) is 5.41 Å². The normalized spacial score (nSPS) is 11.2. The molecule has 0 spiro atoms. The van der Waals surface area contributed by atoms with Gasteiger partial charge in [-0.2, -0.15) is 0 Å². The molecule has 2 heteroatoms. The summed E-state index contributed by atoms with van der Waals surface area (Å²) in [5, 5.41) is 2.20. The van der Waals surface area contributed by atoms with E-state index in [0.717, 1.165) is 6.54 Å². The SMILES string of the molecule is CC.CCCC(CC)(CC)CN(C)NC. The summed E-state index contributed by atoms with van der Waals surface area (Å²) in [6.45, 7) is 12.1. The van der Waals surface area contributed by atoms with E-state index in [-0.39, 0.29) is 0 Å². The Morgan fingerprint density at radius 2 is 1.53 bits per heavy atom. The van der Waals surface area contributed by atoms with Crippen molar-refractivity contribution < 1.29 is 0 Å². The van der Waals surface area contributed by atoms with Gasteiger partial charge in [0.1, 0.15) is 0 Å². The monoisotopic (exact) mass is 216 g/mol. The predicted octanol–water partition coefficient (Wildman–Crippen LogP) is 3.69. The average Bonchev–Trinajstić information content (AvgIpc) is 2.30. The summed E-state index contributed by atoms with van der Waals surface area (Å²) in [6, 6.07) is 0. The van der Waals surface area contributed by atoms with E-state index in [1.165, 1.54) is 25.7 Å². The molecule has 0 saturated heterocycles. The van der Waals surface area contributed by atoms with Crippen LogP contribution in [0.1, 0.15) is 60.3 Å². The molecule has 0 aromatic heterocycles. The fourth-order valence-corrected chi connectivity index (χ4v) is 2.02. The maximum absolute atomic E-state index is 3.18. The van der Waals surface area contributed by atoms with E-state index >= 15 is 0 Å². The first-order valence-electron chi connectivity index (χ1n) is 6.52. The average molecular weight is 216 g/mol. The Kier molecular flexibility index (Phi) is 12.1.